The lowest BCUT2D eigenvalue weighted by Crippen LogP contribution is -2.32. The van der Waals surface area contributed by atoms with Crippen molar-refractivity contribution in [2.24, 2.45) is 0 Å². The smallest absolute Gasteiger partial charge is 0.231 e. The zero-order valence-electron chi connectivity index (χ0n) is 10.6. The normalized spacial score (nSPS) is 16.0. The van der Waals surface area contributed by atoms with Gasteiger partial charge in [0.2, 0.25) is 16.8 Å². The van der Waals surface area contributed by atoms with Gasteiger partial charge in [0.15, 0.2) is 11.5 Å². The molecule has 0 spiro atoms. The topological polar surface area (TPSA) is 64.6 Å². The molecule has 2 rings (SSSR count). The van der Waals surface area contributed by atoms with E-state index in [0.29, 0.717) is 11.5 Å². The van der Waals surface area contributed by atoms with Gasteiger partial charge in [-0.05, 0) is 38.5 Å². The summed E-state index contributed by atoms with van der Waals surface area (Å²) in [6, 6.07) is 5.13. The fourth-order valence-corrected chi connectivity index (χ4v) is 2.53. The first-order valence-corrected chi connectivity index (χ1v) is 7.35. The van der Waals surface area contributed by atoms with E-state index in [2.05, 4.69) is 4.72 Å². The Morgan fingerprint density at radius 3 is 2.50 bits per heavy atom. The van der Waals surface area contributed by atoms with Crippen molar-refractivity contribution in [3.63, 3.8) is 0 Å². The Balaban J connectivity index is 2.17. The first-order valence-electron chi connectivity index (χ1n) is 5.81. The molecule has 1 aromatic carbocycles. The summed E-state index contributed by atoms with van der Waals surface area (Å²) in [5, 5.41) is -0.450. The summed E-state index contributed by atoms with van der Waals surface area (Å²) in [5.41, 5.74) is 0.850. The minimum absolute atomic E-state index is 0.213. The molecule has 18 heavy (non-hydrogen) atoms. The number of rotatable bonds is 4. The molecule has 5 nitrogen and oxygen atoms in total. The average Bonchev–Trinajstić information content (AvgIpc) is 2.74. The third-order valence-corrected chi connectivity index (χ3v) is 4.78. The molecule has 0 saturated heterocycles. The molecule has 0 aromatic heterocycles. The molecule has 0 bridgehead atoms. The summed E-state index contributed by atoms with van der Waals surface area (Å²) in [4.78, 5) is 0. The van der Waals surface area contributed by atoms with Crippen LogP contribution in [0.3, 0.4) is 0 Å². The molecule has 6 heteroatoms. The number of sulfonamides is 1. The monoisotopic (exact) mass is 271 g/mol. The quantitative estimate of drug-likeness (QED) is 0.907. The highest BCUT2D eigenvalue weighted by molar-refractivity contribution is 7.90. The second-order valence-corrected chi connectivity index (χ2v) is 6.81. The van der Waals surface area contributed by atoms with Crippen molar-refractivity contribution in [3.05, 3.63) is 23.8 Å². The van der Waals surface area contributed by atoms with Crippen LogP contribution >= 0.6 is 0 Å². The SMILES string of the molecule is CC(NS(=O)(=O)C(C)C)c1ccc2c(c1)OCO2. The second kappa shape index (κ2) is 4.78. The summed E-state index contributed by atoms with van der Waals surface area (Å²) in [6.45, 7) is 5.31. The molecule has 1 aliphatic heterocycles. The van der Waals surface area contributed by atoms with E-state index in [9.17, 15) is 8.42 Å². The third-order valence-electron chi connectivity index (χ3n) is 2.86. The van der Waals surface area contributed by atoms with E-state index in [1.165, 1.54) is 0 Å². The van der Waals surface area contributed by atoms with Gasteiger partial charge in [-0.3, -0.25) is 0 Å². The molecule has 0 amide bonds. The van der Waals surface area contributed by atoms with E-state index < -0.39 is 15.3 Å². The second-order valence-electron chi connectivity index (χ2n) is 4.55. The van der Waals surface area contributed by atoms with Crippen LogP contribution in [0.1, 0.15) is 32.4 Å². The predicted octanol–water partition coefficient (Wildman–Crippen LogP) is 1.80. The molecule has 0 radical (unpaired) electrons. The van der Waals surface area contributed by atoms with E-state index in [4.69, 9.17) is 9.47 Å². The van der Waals surface area contributed by atoms with Crippen LogP contribution in [0.5, 0.6) is 11.5 Å². The molecule has 1 aliphatic rings. The van der Waals surface area contributed by atoms with Crippen molar-refractivity contribution in [1.82, 2.24) is 4.72 Å². The summed E-state index contributed by atoms with van der Waals surface area (Å²) in [6.07, 6.45) is 0. The van der Waals surface area contributed by atoms with E-state index in [1.54, 1.807) is 32.9 Å². The van der Waals surface area contributed by atoms with Crippen LogP contribution in [-0.4, -0.2) is 20.5 Å². The fourth-order valence-electron chi connectivity index (χ4n) is 1.63. The van der Waals surface area contributed by atoms with Gasteiger partial charge in [0, 0.05) is 6.04 Å². The fraction of sp³-hybridized carbons (Fsp3) is 0.500. The molecule has 1 unspecified atom stereocenters. The Hall–Kier alpha value is -1.27. The molecule has 100 valence electrons. The van der Waals surface area contributed by atoms with Gasteiger partial charge < -0.3 is 9.47 Å². The molecular weight excluding hydrogens is 254 g/mol. The molecular formula is C12H17NO4S. The lowest BCUT2D eigenvalue weighted by molar-refractivity contribution is 0.174. The van der Waals surface area contributed by atoms with E-state index in [-0.39, 0.29) is 12.8 Å². The molecule has 1 N–H and O–H groups in total. The Bertz CT molecular complexity index is 539. The maximum Gasteiger partial charge on any atom is 0.231 e. The van der Waals surface area contributed by atoms with E-state index in [1.807, 2.05) is 6.07 Å². The summed E-state index contributed by atoms with van der Waals surface area (Å²) >= 11 is 0. The van der Waals surface area contributed by atoms with Gasteiger partial charge in [-0.25, -0.2) is 13.1 Å². The largest absolute Gasteiger partial charge is 0.454 e. The van der Waals surface area contributed by atoms with Gasteiger partial charge >= 0.3 is 0 Å². The highest BCUT2D eigenvalue weighted by atomic mass is 32.2. The first-order chi connectivity index (χ1) is 8.40. The predicted molar refractivity (Wildman–Crippen MR) is 68.2 cm³/mol. The minimum Gasteiger partial charge on any atom is -0.454 e. The van der Waals surface area contributed by atoms with Crippen LogP contribution in [0.2, 0.25) is 0 Å². The van der Waals surface area contributed by atoms with Gasteiger partial charge in [0.25, 0.3) is 0 Å². The molecule has 0 aliphatic carbocycles. The maximum atomic E-state index is 11.8. The number of ether oxygens (including phenoxy) is 2. The number of benzene rings is 1. The highest BCUT2D eigenvalue weighted by Gasteiger charge is 2.21. The van der Waals surface area contributed by atoms with Gasteiger partial charge in [0.05, 0.1) is 5.25 Å². The van der Waals surface area contributed by atoms with Crippen LogP contribution in [0, 0.1) is 0 Å². The lowest BCUT2D eigenvalue weighted by atomic mass is 10.1. The van der Waals surface area contributed by atoms with Crippen molar-refractivity contribution in [3.8, 4) is 11.5 Å². The number of hydrogen-bond donors (Lipinski definition) is 1. The van der Waals surface area contributed by atoms with Crippen LogP contribution in [0.15, 0.2) is 18.2 Å². The molecule has 0 saturated carbocycles. The zero-order chi connectivity index (χ0) is 13.3. The van der Waals surface area contributed by atoms with Crippen molar-refractivity contribution in [2.75, 3.05) is 6.79 Å². The Morgan fingerprint density at radius 2 is 1.83 bits per heavy atom. The Labute approximate surface area is 107 Å². The Morgan fingerprint density at radius 1 is 1.17 bits per heavy atom. The highest BCUT2D eigenvalue weighted by Crippen LogP contribution is 2.34. The summed E-state index contributed by atoms with van der Waals surface area (Å²) in [5.74, 6) is 1.35. The summed E-state index contributed by atoms with van der Waals surface area (Å²) in [7, 11) is -3.28. The van der Waals surface area contributed by atoms with Gasteiger partial charge in [-0.1, -0.05) is 6.07 Å². The standard InChI is InChI=1S/C12H17NO4S/c1-8(2)18(14,15)13-9(3)10-4-5-11-12(6-10)17-7-16-11/h4-6,8-9,13H,7H2,1-3H3. The van der Waals surface area contributed by atoms with Crippen LogP contribution in [0.4, 0.5) is 0 Å². The third kappa shape index (κ3) is 2.59. The molecule has 1 heterocycles. The van der Waals surface area contributed by atoms with Gasteiger partial charge in [0.1, 0.15) is 0 Å². The Kier molecular flexibility index (Phi) is 3.49. The minimum atomic E-state index is -3.28. The number of hydrogen-bond acceptors (Lipinski definition) is 4. The van der Waals surface area contributed by atoms with Crippen molar-refractivity contribution in [2.45, 2.75) is 32.1 Å². The van der Waals surface area contributed by atoms with E-state index >= 15 is 0 Å². The molecule has 0 fully saturated rings. The van der Waals surface area contributed by atoms with Gasteiger partial charge in [-0.2, -0.15) is 0 Å². The number of fused-ring (bicyclic) bond motifs is 1. The van der Waals surface area contributed by atoms with Crippen LogP contribution < -0.4 is 14.2 Å². The van der Waals surface area contributed by atoms with E-state index in [0.717, 1.165) is 5.56 Å². The maximum absolute atomic E-state index is 11.8. The molecule has 1 aromatic rings. The van der Waals surface area contributed by atoms with Crippen LogP contribution in [0.25, 0.3) is 0 Å². The lowest BCUT2D eigenvalue weighted by Gasteiger charge is -2.16. The zero-order valence-corrected chi connectivity index (χ0v) is 11.5. The summed E-state index contributed by atoms with van der Waals surface area (Å²) < 4.78 is 36.7. The van der Waals surface area contributed by atoms with Gasteiger partial charge in [-0.15, -0.1) is 0 Å². The first kappa shape index (κ1) is 13.2. The molecule has 1 atom stereocenters. The number of nitrogens with one attached hydrogen (secondary N) is 1. The van der Waals surface area contributed by atoms with Crippen molar-refractivity contribution < 1.29 is 17.9 Å². The van der Waals surface area contributed by atoms with Crippen LogP contribution in [-0.2, 0) is 10.0 Å². The average molecular weight is 271 g/mol. The van der Waals surface area contributed by atoms with Crippen molar-refractivity contribution in [1.29, 1.82) is 0 Å². The van der Waals surface area contributed by atoms with Crippen molar-refractivity contribution >= 4 is 10.0 Å².